The minimum absolute atomic E-state index is 0.0690. The van der Waals surface area contributed by atoms with Crippen LogP contribution in [0.1, 0.15) is 62.2 Å². The number of hydrogen-bond acceptors (Lipinski definition) is 5. The summed E-state index contributed by atoms with van der Waals surface area (Å²) < 4.78 is 5.60. The molecule has 1 atom stereocenters. The molecule has 0 saturated heterocycles. The zero-order chi connectivity index (χ0) is 28.7. The Hall–Kier alpha value is -3.00. The van der Waals surface area contributed by atoms with Gasteiger partial charge in [-0.25, -0.2) is 9.59 Å². The number of thioether (sulfide) groups is 1. The topological polar surface area (TPSA) is 87.1 Å². The Morgan fingerprint density at radius 2 is 1.67 bits per heavy atom. The average Bonchev–Trinajstić information content (AvgIpc) is 2.85. The van der Waals surface area contributed by atoms with Crippen LogP contribution in [0, 0.1) is 0 Å². The summed E-state index contributed by atoms with van der Waals surface area (Å²) in [7, 11) is 0. The molecule has 0 aliphatic rings. The largest absolute Gasteiger partial charge is 0.478 e. The maximum atomic E-state index is 13.0. The minimum Gasteiger partial charge on any atom is -0.478 e. The van der Waals surface area contributed by atoms with E-state index in [0.29, 0.717) is 29.1 Å². The van der Waals surface area contributed by atoms with Crippen molar-refractivity contribution in [3.63, 3.8) is 0 Å². The van der Waals surface area contributed by atoms with Gasteiger partial charge in [-0.1, -0.05) is 67.9 Å². The molecular formula is C31H36ClNO5S. The highest BCUT2D eigenvalue weighted by Crippen LogP contribution is 2.32. The molecule has 2 N–H and O–H groups in total. The minimum atomic E-state index is -0.935. The average molecular weight is 570 g/mol. The second kappa shape index (κ2) is 13.4. The smallest absolute Gasteiger partial charge is 0.410 e. The Morgan fingerprint density at radius 1 is 1.00 bits per heavy atom. The number of carbonyl (C=O) groups is 2. The van der Waals surface area contributed by atoms with Crippen molar-refractivity contribution in [3.05, 3.63) is 88.4 Å². The molecule has 6 nitrogen and oxygen atoms in total. The van der Waals surface area contributed by atoms with Crippen LogP contribution >= 0.6 is 23.4 Å². The summed E-state index contributed by atoms with van der Waals surface area (Å²) in [6, 6.07) is 20.3. The molecule has 8 heteroatoms. The Morgan fingerprint density at radius 3 is 2.26 bits per heavy atom. The second-order valence-electron chi connectivity index (χ2n) is 10.6. The third-order valence-electron chi connectivity index (χ3n) is 5.81. The van der Waals surface area contributed by atoms with Crippen molar-refractivity contribution < 1.29 is 24.5 Å². The first kappa shape index (κ1) is 30.5. The highest BCUT2D eigenvalue weighted by molar-refractivity contribution is 8.00. The highest BCUT2D eigenvalue weighted by Gasteiger charge is 2.25. The van der Waals surface area contributed by atoms with E-state index in [0.717, 1.165) is 21.6 Å². The SMILES string of the molecule is CC(C)Sc1cc(-c2ccc(CCN(C[C@@H](O)c3cccc(Cl)c3)C(=O)OC(C)(C)C)cc2)ccc1C(=O)O. The van der Waals surface area contributed by atoms with E-state index in [2.05, 4.69) is 0 Å². The molecule has 0 aromatic heterocycles. The van der Waals surface area contributed by atoms with Crippen LogP contribution in [0.5, 0.6) is 0 Å². The van der Waals surface area contributed by atoms with Crippen molar-refractivity contribution in [2.75, 3.05) is 13.1 Å². The lowest BCUT2D eigenvalue weighted by molar-refractivity contribution is 0.0147. The molecule has 3 rings (SSSR count). The number of carboxylic acid groups (broad SMARTS) is 1. The van der Waals surface area contributed by atoms with Gasteiger partial charge in [-0.05, 0) is 73.7 Å². The fourth-order valence-corrected chi connectivity index (χ4v) is 5.15. The number of nitrogens with zero attached hydrogens (tertiary/aromatic N) is 1. The predicted molar refractivity (Wildman–Crippen MR) is 158 cm³/mol. The first-order valence-corrected chi connectivity index (χ1v) is 14.1. The van der Waals surface area contributed by atoms with Gasteiger partial charge < -0.3 is 19.8 Å². The van der Waals surface area contributed by atoms with Crippen LogP contribution < -0.4 is 0 Å². The summed E-state index contributed by atoms with van der Waals surface area (Å²) in [6.45, 7) is 9.92. The Labute approximate surface area is 240 Å². The molecule has 0 fully saturated rings. The van der Waals surface area contributed by atoms with Gasteiger partial charge in [-0.3, -0.25) is 0 Å². The van der Waals surface area contributed by atoms with E-state index in [1.807, 2.05) is 71.0 Å². The maximum Gasteiger partial charge on any atom is 0.410 e. The molecule has 0 bridgehead atoms. The molecule has 0 radical (unpaired) electrons. The van der Waals surface area contributed by atoms with Gasteiger partial charge in [0.25, 0.3) is 0 Å². The Balaban J connectivity index is 1.75. The van der Waals surface area contributed by atoms with Crippen LogP contribution in [0.2, 0.25) is 5.02 Å². The number of hydrogen-bond donors (Lipinski definition) is 2. The van der Waals surface area contributed by atoms with Gasteiger partial charge in [0.05, 0.1) is 18.2 Å². The number of aliphatic hydroxyl groups is 1. The van der Waals surface area contributed by atoms with Crippen molar-refractivity contribution in [2.45, 2.75) is 62.9 Å². The summed E-state index contributed by atoms with van der Waals surface area (Å²) >= 11 is 7.61. The molecule has 3 aromatic rings. The lowest BCUT2D eigenvalue weighted by Crippen LogP contribution is -2.40. The summed E-state index contributed by atoms with van der Waals surface area (Å²) in [5.74, 6) is -0.935. The van der Waals surface area contributed by atoms with Gasteiger partial charge in [0.15, 0.2) is 0 Å². The molecule has 0 heterocycles. The van der Waals surface area contributed by atoms with E-state index in [-0.39, 0.29) is 11.8 Å². The van der Waals surface area contributed by atoms with Crippen molar-refractivity contribution in [3.8, 4) is 11.1 Å². The molecule has 3 aromatic carbocycles. The number of amides is 1. The van der Waals surface area contributed by atoms with Crippen LogP contribution in [0.4, 0.5) is 4.79 Å². The number of carbonyl (C=O) groups excluding carboxylic acids is 1. The van der Waals surface area contributed by atoms with Crippen molar-refractivity contribution >= 4 is 35.4 Å². The van der Waals surface area contributed by atoms with E-state index >= 15 is 0 Å². The van der Waals surface area contributed by atoms with Gasteiger partial charge in [0.1, 0.15) is 5.60 Å². The van der Waals surface area contributed by atoms with Crippen molar-refractivity contribution in [2.24, 2.45) is 0 Å². The van der Waals surface area contributed by atoms with Crippen molar-refractivity contribution in [1.29, 1.82) is 0 Å². The molecule has 0 spiro atoms. The van der Waals surface area contributed by atoms with Gasteiger partial charge in [-0.2, -0.15) is 0 Å². The summed E-state index contributed by atoms with van der Waals surface area (Å²) in [5.41, 5.74) is 3.20. The Bertz CT molecular complexity index is 1290. The number of carboxylic acids is 1. The predicted octanol–water partition coefficient (Wildman–Crippen LogP) is 7.72. The molecular weight excluding hydrogens is 534 g/mol. The molecule has 208 valence electrons. The molecule has 1 amide bonds. The number of halogens is 1. The normalized spacial score (nSPS) is 12.3. The molecule has 39 heavy (non-hydrogen) atoms. The number of rotatable bonds is 10. The van der Waals surface area contributed by atoms with Gasteiger partial charge in [0.2, 0.25) is 0 Å². The first-order valence-electron chi connectivity index (χ1n) is 12.9. The summed E-state index contributed by atoms with van der Waals surface area (Å²) in [4.78, 5) is 26.9. The fourth-order valence-electron chi connectivity index (χ4n) is 3.97. The van der Waals surface area contributed by atoms with Gasteiger partial charge in [0, 0.05) is 21.7 Å². The summed E-state index contributed by atoms with van der Waals surface area (Å²) in [5, 5.41) is 21.1. The zero-order valence-corrected chi connectivity index (χ0v) is 24.6. The van der Waals surface area contributed by atoms with E-state index in [1.54, 1.807) is 30.3 Å². The van der Waals surface area contributed by atoms with Crippen LogP contribution in [0.25, 0.3) is 11.1 Å². The Kier molecular flexibility index (Phi) is 10.5. The third-order valence-corrected chi connectivity index (χ3v) is 7.11. The lowest BCUT2D eigenvalue weighted by Gasteiger charge is -2.29. The van der Waals surface area contributed by atoms with Crippen molar-refractivity contribution in [1.82, 2.24) is 4.90 Å². The molecule has 0 unspecified atom stereocenters. The molecule has 0 aliphatic carbocycles. The fraction of sp³-hybridized carbons (Fsp3) is 0.355. The van der Waals surface area contributed by atoms with Crippen LogP contribution in [-0.2, 0) is 11.2 Å². The standard InChI is InChI=1S/C31H36ClNO5S/c1-20(2)39-28-18-23(13-14-26(28)29(35)36)22-11-9-21(10-12-22)15-16-33(30(37)38-31(3,4)5)19-27(34)24-7-6-8-25(32)17-24/h6-14,17-18,20,27,34H,15-16,19H2,1-5H3,(H,35,36)/t27-/m1/s1. The van der Waals surface area contributed by atoms with E-state index in [4.69, 9.17) is 16.3 Å². The van der Waals surface area contributed by atoms with E-state index in [9.17, 15) is 19.8 Å². The second-order valence-corrected chi connectivity index (χ2v) is 12.7. The third kappa shape index (κ3) is 9.31. The summed E-state index contributed by atoms with van der Waals surface area (Å²) in [6.07, 6.45) is -0.840. The van der Waals surface area contributed by atoms with Crippen LogP contribution in [0.3, 0.4) is 0 Å². The number of aliphatic hydroxyl groups excluding tert-OH is 1. The number of aromatic carboxylic acids is 1. The van der Waals surface area contributed by atoms with E-state index < -0.39 is 23.8 Å². The number of ether oxygens (including phenoxy) is 1. The quantitative estimate of drug-likeness (QED) is 0.243. The van der Waals surface area contributed by atoms with Gasteiger partial charge >= 0.3 is 12.1 Å². The monoisotopic (exact) mass is 569 g/mol. The first-order chi connectivity index (χ1) is 18.3. The zero-order valence-electron chi connectivity index (χ0n) is 23.0. The van der Waals surface area contributed by atoms with Crippen LogP contribution in [-0.4, -0.2) is 51.1 Å². The highest BCUT2D eigenvalue weighted by atomic mass is 35.5. The molecule has 0 aliphatic heterocycles. The van der Waals surface area contributed by atoms with Crippen LogP contribution in [0.15, 0.2) is 71.6 Å². The lowest BCUT2D eigenvalue weighted by atomic mass is 10.0. The number of benzene rings is 3. The molecule has 0 saturated carbocycles. The van der Waals surface area contributed by atoms with E-state index in [1.165, 1.54) is 16.7 Å². The van der Waals surface area contributed by atoms with Gasteiger partial charge in [-0.15, -0.1) is 11.8 Å². The maximum absolute atomic E-state index is 13.0.